The first-order chi connectivity index (χ1) is 12.7. The predicted molar refractivity (Wildman–Crippen MR) is 98.9 cm³/mol. The molecule has 1 fully saturated rings. The summed E-state index contributed by atoms with van der Waals surface area (Å²) in [5.74, 6) is -1.03. The molecule has 27 heavy (non-hydrogen) atoms. The summed E-state index contributed by atoms with van der Waals surface area (Å²) in [5, 5.41) is 2.69. The van der Waals surface area contributed by atoms with Crippen LogP contribution in [0.2, 0.25) is 0 Å². The summed E-state index contributed by atoms with van der Waals surface area (Å²) >= 11 is 0. The Morgan fingerprint density at radius 1 is 1.07 bits per heavy atom. The van der Waals surface area contributed by atoms with E-state index in [0.717, 1.165) is 10.5 Å². The second-order valence-corrected chi connectivity index (χ2v) is 7.15. The molecule has 2 aromatic rings. The maximum atomic E-state index is 13.0. The van der Waals surface area contributed by atoms with E-state index in [0.29, 0.717) is 11.5 Å². The summed E-state index contributed by atoms with van der Waals surface area (Å²) in [5.41, 5.74) is 0.798. The normalized spacial score (nSPS) is 19.5. The zero-order chi connectivity index (χ0) is 19.8. The Hall–Kier alpha value is -3.02. The first-order valence-corrected chi connectivity index (χ1v) is 8.75. The maximum absolute atomic E-state index is 13.0. The highest BCUT2D eigenvalue weighted by Gasteiger charge is 2.49. The molecule has 3 amide bonds. The summed E-state index contributed by atoms with van der Waals surface area (Å²) in [6.45, 7) is 5.37. The number of nitrogens with one attached hydrogen (secondary N) is 1. The Morgan fingerprint density at radius 2 is 1.67 bits per heavy atom. The van der Waals surface area contributed by atoms with Gasteiger partial charge in [-0.05, 0) is 48.2 Å². The predicted octanol–water partition coefficient (Wildman–Crippen LogP) is 3.60. The lowest BCUT2D eigenvalue weighted by Gasteiger charge is -2.22. The summed E-state index contributed by atoms with van der Waals surface area (Å²) in [7, 11) is 0. The van der Waals surface area contributed by atoms with Gasteiger partial charge in [-0.1, -0.05) is 38.1 Å². The van der Waals surface area contributed by atoms with Crippen LogP contribution >= 0.6 is 0 Å². The zero-order valence-corrected chi connectivity index (χ0v) is 15.5. The highest BCUT2D eigenvalue weighted by atomic mass is 19.1. The molecule has 1 aliphatic heterocycles. The minimum absolute atomic E-state index is 0.242. The van der Waals surface area contributed by atoms with Gasteiger partial charge >= 0.3 is 6.03 Å². The molecule has 0 bridgehead atoms. The van der Waals surface area contributed by atoms with Gasteiger partial charge < -0.3 is 5.32 Å². The number of Topliss-reactive ketones (excluding diaryl/α,β-unsaturated/α-hetero) is 1. The first kappa shape index (κ1) is 18.8. The highest BCUT2D eigenvalue weighted by molar-refractivity contribution is 6.11. The van der Waals surface area contributed by atoms with Crippen molar-refractivity contribution in [2.45, 2.75) is 32.2 Å². The van der Waals surface area contributed by atoms with E-state index in [1.165, 1.54) is 24.3 Å². The molecule has 1 heterocycles. The van der Waals surface area contributed by atoms with Crippen LogP contribution < -0.4 is 5.32 Å². The zero-order valence-electron chi connectivity index (χ0n) is 15.5. The smallest absolute Gasteiger partial charge is 0.319 e. The van der Waals surface area contributed by atoms with Gasteiger partial charge in [-0.3, -0.25) is 14.5 Å². The molecule has 1 saturated heterocycles. The molecular formula is C21H21FN2O3. The molecule has 1 aliphatic rings. The Labute approximate surface area is 157 Å². The fourth-order valence-corrected chi connectivity index (χ4v) is 3.11. The second-order valence-electron chi connectivity index (χ2n) is 7.15. The van der Waals surface area contributed by atoms with Crippen LogP contribution in [0.1, 0.15) is 48.2 Å². The number of halogens is 1. The molecule has 5 nitrogen and oxygen atoms in total. The molecule has 6 heteroatoms. The van der Waals surface area contributed by atoms with Gasteiger partial charge in [-0.2, -0.15) is 0 Å². The largest absolute Gasteiger partial charge is 0.325 e. The summed E-state index contributed by atoms with van der Waals surface area (Å²) < 4.78 is 13.0. The topological polar surface area (TPSA) is 66.5 Å². The highest BCUT2D eigenvalue weighted by Crippen LogP contribution is 2.30. The fourth-order valence-electron chi connectivity index (χ4n) is 3.11. The number of carbonyl (C=O) groups excluding carboxylic acids is 3. The van der Waals surface area contributed by atoms with Crippen molar-refractivity contribution < 1.29 is 18.8 Å². The van der Waals surface area contributed by atoms with Crippen LogP contribution in [0.4, 0.5) is 9.18 Å². The quantitative estimate of drug-likeness (QED) is 0.648. The van der Waals surface area contributed by atoms with Crippen LogP contribution in [0.25, 0.3) is 0 Å². The minimum atomic E-state index is -1.23. The molecule has 0 spiro atoms. The standard InChI is InChI=1S/C21H21FN2O3/c1-13(2)14-4-8-16(9-5-14)21(3)19(26)24(20(27)23-21)12-18(25)15-6-10-17(22)11-7-15/h4-11,13H,12H2,1-3H3,(H,23,27). The van der Waals surface area contributed by atoms with Gasteiger partial charge in [0.25, 0.3) is 5.91 Å². The number of hydrogen-bond donors (Lipinski definition) is 1. The van der Waals surface area contributed by atoms with Crippen molar-refractivity contribution in [2.24, 2.45) is 0 Å². The lowest BCUT2D eigenvalue weighted by molar-refractivity contribution is -0.130. The molecular weight excluding hydrogens is 347 g/mol. The van der Waals surface area contributed by atoms with Crippen LogP contribution in [0.3, 0.4) is 0 Å². The van der Waals surface area contributed by atoms with Crippen LogP contribution in [0, 0.1) is 5.82 Å². The van der Waals surface area contributed by atoms with Crippen molar-refractivity contribution in [3.63, 3.8) is 0 Å². The molecule has 0 radical (unpaired) electrons. The van der Waals surface area contributed by atoms with Gasteiger partial charge in [0.05, 0.1) is 6.54 Å². The number of carbonyl (C=O) groups is 3. The number of ketones is 1. The van der Waals surface area contributed by atoms with Crippen molar-refractivity contribution >= 4 is 17.7 Å². The van der Waals surface area contributed by atoms with Crippen molar-refractivity contribution in [1.29, 1.82) is 0 Å². The maximum Gasteiger partial charge on any atom is 0.325 e. The van der Waals surface area contributed by atoms with Gasteiger partial charge in [-0.25, -0.2) is 9.18 Å². The van der Waals surface area contributed by atoms with E-state index < -0.39 is 35.6 Å². The molecule has 3 rings (SSSR count). The average molecular weight is 368 g/mol. The summed E-state index contributed by atoms with van der Waals surface area (Å²) in [6, 6.07) is 11.9. The van der Waals surface area contributed by atoms with E-state index in [-0.39, 0.29) is 5.56 Å². The van der Waals surface area contributed by atoms with E-state index in [9.17, 15) is 18.8 Å². The third-order valence-electron chi connectivity index (χ3n) is 4.90. The van der Waals surface area contributed by atoms with E-state index in [4.69, 9.17) is 0 Å². The third kappa shape index (κ3) is 3.47. The van der Waals surface area contributed by atoms with Crippen LogP contribution in [-0.2, 0) is 10.3 Å². The Balaban J connectivity index is 1.81. The number of rotatable bonds is 5. The molecule has 1 N–H and O–H groups in total. The first-order valence-electron chi connectivity index (χ1n) is 8.75. The molecule has 0 aromatic heterocycles. The molecule has 2 aromatic carbocycles. The van der Waals surface area contributed by atoms with Gasteiger partial charge in [0.15, 0.2) is 5.78 Å². The third-order valence-corrected chi connectivity index (χ3v) is 4.90. The van der Waals surface area contributed by atoms with E-state index in [1.54, 1.807) is 6.92 Å². The molecule has 0 saturated carbocycles. The lowest BCUT2D eigenvalue weighted by atomic mass is 9.90. The van der Waals surface area contributed by atoms with Crippen molar-refractivity contribution in [3.05, 3.63) is 71.0 Å². The van der Waals surface area contributed by atoms with E-state index in [2.05, 4.69) is 19.2 Å². The molecule has 140 valence electrons. The van der Waals surface area contributed by atoms with E-state index >= 15 is 0 Å². The Kier molecular flexibility index (Phi) is 4.83. The fraction of sp³-hybridized carbons (Fsp3) is 0.286. The van der Waals surface area contributed by atoms with Gasteiger partial charge in [-0.15, -0.1) is 0 Å². The van der Waals surface area contributed by atoms with Crippen LogP contribution in [-0.4, -0.2) is 29.2 Å². The van der Waals surface area contributed by atoms with Crippen molar-refractivity contribution in [1.82, 2.24) is 10.2 Å². The number of nitrogens with zero attached hydrogens (tertiary/aromatic N) is 1. The molecule has 0 aliphatic carbocycles. The van der Waals surface area contributed by atoms with Gasteiger partial charge in [0.1, 0.15) is 11.4 Å². The average Bonchev–Trinajstić information content (AvgIpc) is 2.86. The number of imide groups is 1. The minimum Gasteiger partial charge on any atom is -0.319 e. The van der Waals surface area contributed by atoms with E-state index in [1.807, 2.05) is 24.3 Å². The SMILES string of the molecule is CC(C)c1ccc(C2(C)NC(=O)N(CC(=O)c3ccc(F)cc3)C2=O)cc1. The number of amides is 3. The van der Waals surface area contributed by atoms with Crippen molar-refractivity contribution in [2.75, 3.05) is 6.54 Å². The second kappa shape index (κ2) is 6.95. The van der Waals surface area contributed by atoms with Gasteiger partial charge in [0.2, 0.25) is 0 Å². The lowest BCUT2D eigenvalue weighted by Crippen LogP contribution is -2.41. The number of hydrogen-bond acceptors (Lipinski definition) is 3. The van der Waals surface area contributed by atoms with Crippen molar-refractivity contribution in [3.8, 4) is 0 Å². The number of urea groups is 1. The Morgan fingerprint density at radius 3 is 2.22 bits per heavy atom. The monoisotopic (exact) mass is 368 g/mol. The number of benzene rings is 2. The van der Waals surface area contributed by atoms with Crippen LogP contribution in [0.15, 0.2) is 48.5 Å². The summed E-state index contributed by atoms with van der Waals surface area (Å²) in [4.78, 5) is 38.5. The summed E-state index contributed by atoms with van der Waals surface area (Å²) in [6.07, 6.45) is 0. The molecule has 1 atom stereocenters. The Bertz CT molecular complexity index is 891. The van der Waals surface area contributed by atoms with Crippen LogP contribution in [0.5, 0.6) is 0 Å². The van der Waals surface area contributed by atoms with Gasteiger partial charge in [0, 0.05) is 5.56 Å². The molecule has 1 unspecified atom stereocenters.